The Bertz CT molecular complexity index is 558. The predicted octanol–water partition coefficient (Wildman–Crippen LogP) is 4.65. The number of likely N-dealkylation sites (N-methyl/N-ethyl adjacent to an activating group) is 1. The molecule has 0 aliphatic rings. The van der Waals surface area contributed by atoms with Crippen molar-refractivity contribution in [3.63, 3.8) is 0 Å². The average molecular weight is 360 g/mol. The van der Waals surface area contributed by atoms with Gasteiger partial charge in [-0.2, -0.15) is 0 Å². The number of rotatable bonds is 4. The van der Waals surface area contributed by atoms with Crippen LogP contribution in [0.25, 0.3) is 0 Å². The molecule has 19 heavy (non-hydrogen) atoms. The molecule has 0 fully saturated rings. The summed E-state index contributed by atoms with van der Waals surface area (Å²) in [5, 5.41) is 4.38. The van der Waals surface area contributed by atoms with Crippen molar-refractivity contribution in [2.45, 2.75) is 12.5 Å². The molecule has 0 aliphatic heterocycles. The lowest BCUT2D eigenvalue weighted by molar-refractivity contribution is 0.576. The van der Waals surface area contributed by atoms with Crippen LogP contribution in [-0.2, 0) is 6.42 Å². The Morgan fingerprint density at radius 2 is 1.95 bits per heavy atom. The number of hydrogen-bond acceptors (Lipinski definition) is 2. The first kappa shape index (κ1) is 14.8. The molecule has 1 N–H and O–H groups in total. The minimum absolute atomic E-state index is 0.0611. The summed E-state index contributed by atoms with van der Waals surface area (Å²) in [5.41, 5.74) is 2.03. The van der Waals surface area contributed by atoms with Gasteiger partial charge in [0.05, 0.1) is 21.8 Å². The second kappa shape index (κ2) is 6.71. The number of nitrogens with zero attached hydrogens (tertiary/aromatic N) is 1. The molecule has 0 amide bonds. The van der Waals surface area contributed by atoms with Crippen LogP contribution in [0.15, 0.2) is 41.0 Å². The fourth-order valence-corrected chi connectivity index (χ4v) is 2.65. The third kappa shape index (κ3) is 3.93. The minimum atomic E-state index is 0.0611. The second-order valence-electron chi connectivity index (χ2n) is 4.19. The van der Waals surface area contributed by atoms with Crippen LogP contribution in [0, 0.1) is 0 Å². The van der Waals surface area contributed by atoms with Crippen LogP contribution in [0.3, 0.4) is 0 Å². The summed E-state index contributed by atoms with van der Waals surface area (Å²) in [7, 11) is 1.90. The summed E-state index contributed by atoms with van der Waals surface area (Å²) in [6, 6.07) is 10.00. The van der Waals surface area contributed by atoms with Gasteiger partial charge in [-0.3, -0.25) is 4.98 Å². The molecule has 2 aromatic rings. The predicted molar refractivity (Wildman–Crippen MR) is 83.9 cm³/mol. The highest BCUT2D eigenvalue weighted by molar-refractivity contribution is 9.10. The van der Waals surface area contributed by atoms with Crippen LogP contribution in [0.1, 0.15) is 17.3 Å². The van der Waals surface area contributed by atoms with E-state index < -0.39 is 0 Å². The van der Waals surface area contributed by atoms with E-state index in [4.69, 9.17) is 23.2 Å². The first-order chi connectivity index (χ1) is 9.10. The summed E-state index contributed by atoms with van der Waals surface area (Å²) < 4.78 is 1.07. The molecule has 2 nitrogen and oxygen atoms in total. The van der Waals surface area contributed by atoms with Gasteiger partial charge in [0.25, 0.3) is 0 Å². The number of halogens is 3. The van der Waals surface area contributed by atoms with Crippen LogP contribution in [0.4, 0.5) is 0 Å². The van der Waals surface area contributed by atoms with Crippen molar-refractivity contribution in [3.05, 3.63) is 62.3 Å². The van der Waals surface area contributed by atoms with Crippen molar-refractivity contribution in [1.29, 1.82) is 0 Å². The lowest BCUT2D eigenvalue weighted by Crippen LogP contribution is -2.20. The third-order valence-electron chi connectivity index (χ3n) is 2.87. The molecule has 0 bridgehead atoms. The standard InChI is InChI=1S/C14H13BrCl2N2/c1-18-13(6-9-2-4-10(15)5-3-9)14-12(17)7-11(16)8-19-14/h2-5,7-8,13,18H,6H2,1H3. The molecular weight excluding hydrogens is 347 g/mol. The summed E-state index contributed by atoms with van der Waals surface area (Å²) >= 11 is 15.5. The zero-order valence-corrected chi connectivity index (χ0v) is 13.4. The number of benzene rings is 1. The maximum atomic E-state index is 6.20. The largest absolute Gasteiger partial charge is 0.311 e. The number of nitrogens with one attached hydrogen (secondary N) is 1. The summed E-state index contributed by atoms with van der Waals surface area (Å²) in [4.78, 5) is 4.33. The lowest BCUT2D eigenvalue weighted by atomic mass is 10.0. The molecule has 1 unspecified atom stereocenters. The van der Waals surface area contributed by atoms with E-state index in [1.807, 2.05) is 19.2 Å². The Kier molecular flexibility index (Phi) is 5.22. The van der Waals surface area contributed by atoms with Crippen LogP contribution in [0.5, 0.6) is 0 Å². The van der Waals surface area contributed by atoms with Crippen LogP contribution in [-0.4, -0.2) is 12.0 Å². The van der Waals surface area contributed by atoms with E-state index in [1.54, 1.807) is 12.3 Å². The van der Waals surface area contributed by atoms with Gasteiger partial charge in [-0.25, -0.2) is 0 Å². The molecule has 0 aliphatic carbocycles. The molecule has 2 rings (SSSR count). The fourth-order valence-electron chi connectivity index (χ4n) is 1.87. The van der Waals surface area contributed by atoms with E-state index in [1.165, 1.54) is 5.56 Å². The van der Waals surface area contributed by atoms with Crippen molar-refractivity contribution < 1.29 is 0 Å². The quantitative estimate of drug-likeness (QED) is 0.859. The first-order valence-corrected chi connectivity index (χ1v) is 7.37. The smallest absolute Gasteiger partial charge is 0.0763 e. The van der Waals surface area contributed by atoms with Crippen molar-refractivity contribution in [2.24, 2.45) is 0 Å². The summed E-state index contributed by atoms with van der Waals surface area (Å²) in [5.74, 6) is 0. The van der Waals surface area contributed by atoms with Gasteiger partial charge in [-0.15, -0.1) is 0 Å². The van der Waals surface area contributed by atoms with E-state index in [0.717, 1.165) is 16.6 Å². The first-order valence-electron chi connectivity index (χ1n) is 5.83. The fraction of sp³-hybridized carbons (Fsp3) is 0.214. The highest BCUT2D eigenvalue weighted by Crippen LogP contribution is 2.26. The Balaban J connectivity index is 2.22. The van der Waals surface area contributed by atoms with E-state index in [9.17, 15) is 0 Å². The molecule has 0 saturated carbocycles. The van der Waals surface area contributed by atoms with Gasteiger partial charge in [0.15, 0.2) is 0 Å². The zero-order chi connectivity index (χ0) is 13.8. The topological polar surface area (TPSA) is 24.9 Å². The molecule has 0 saturated heterocycles. The minimum Gasteiger partial charge on any atom is -0.311 e. The third-order valence-corrected chi connectivity index (χ3v) is 3.91. The molecule has 1 aromatic heterocycles. The number of hydrogen-bond donors (Lipinski definition) is 1. The summed E-state index contributed by atoms with van der Waals surface area (Å²) in [6.45, 7) is 0. The zero-order valence-electron chi connectivity index (χ0n) is 10.3. The van der Waals surface area contributed by atoms with Gasteiger partial charge in [-0.1, -0.05) is 51.3 Å². The van der Waals surface area contributed by atoms with E-state index >= 15 is 0 Å². The van der Waals surface area contributed by atoms with Gasteiger partial charge < -0.3 is 5.32 Å². The SMILES string of the molecule is CNC(Cc1ccc(Br)cc1)c1ncc(Cl)cc1Cl. The highest BCUT2D eigenvalue weighted by Gasteiger charge is 2.15. The Labute approximate surface area is 131 Å². The van der Waals surface area contributed by atoms with Crippen molar-refractivity contribution >= 4 is 39.1 Å². The van der Waals surface area contributed by atoms with E-state index in [0.29, 0.717) is 10.0 Å². The van der Waals surface area contributed by atoms with Gasteiger partial charge in [-0.05, 0) is 37.2 Å². The molecule has 5 heteroatoms. The van der Waals surface area contributed by atoms with Gasteiger partial charge in [0, 0.05) is 10.7 Å². The van der Waals surface area contributed by atoms with Gasteiger partial charge >= 0.3 is 0 Å². The van der Waals surface area contributed by atoms with Crippen molar-refractivity contribution in [2.75, 3.05) is 7.05 Å². The Morgan fingerprint density at radius 1 is 1.26 bits per heavy atom. The normalized spacial score (nSPS) is 12.4. The maximum absolute atomic E-state index is 6.20. The molecule has 0 radical (unpaired) electrons. The van der Waals surface area contributed by atoms with E-state index in [-0.39, 0.29) is 6.04 Å². The van der Waals surface area contributed by atoms with Crippen LogP contribution < -0.4 is 5.32 Å². The lowest BCUT2D eigenvalue weighted by Gasteiger charge is -2.17. The molecule has 1 atom stereocenters. The number of aromatic nitrogens is 1. The molecule has 1 aromatic carbocycles. The highest BCUT2D eigenvalue weighted by atomic mass is 79.9. The van der Waals surface area contributed by atoms with Gasteiger partial charge in [0.2, 0.25) is 0 Å². The maximum Gasteiger partial charge on any atom is 0.0763 e. The molecule has 1 heterocycles. The van der Waals surface area contributed by atoms with Gasteiger partial charge in [0.1, 0.15) is 0 Å². The Hall–Kier alpha value is -0.610. The summed E-state index contributed by atoms with van der Waals surface area (Å²) in [6.07, 6.45) is 2.44. The second-order valence-corrected chi connectivity index (χ2v) is 5.95. The monoisotopic (exact) mass is 358 g/mol. The van der Waals surface area contributed by atoms with Crippen LogP contribution in [0.2, 0.25) is 10.0 Å². The van der Waals surface area contributed by atoms with Crippen molar-refractivity contribution in [1.82, 2.24) is 10.3 Å². The molecular formula is C14H13BrCl2N2. The average Bonchev–Trinajstić information content (AvgIpc) is 2.39. The number of pyridine rings is 1. The Morgan fingerprint density at radius 3 is 2.53 bits per heavy atom. The van der Waals surface area contributed by atoms with E-state index in [2.05, 4.69) is 38.4 Å². The van der Waals surface area contributed by atoms with Crippen molar-refractivity contribution in [3.8, 4) is 0 Å². The molecule has 0 spiro atoms. The molecule has 100 valence electrons. The van der Waals surface area contributed by atoms with Crippen LogP contribution >= 0.6 is 39.1 Å².